The van der Waals surface area contributed by atoms with E-state index in [4.69, 9.17) is 0 Å². The molecule has 1 amide bonds. The first-order chi connectivity index (χ1) is 16.7. The fourth-order valence-electron chi connectivity index (χ4n) is 4.03. The maximum atomic E-state index is 13.2. The Morgan fingerprint density at radius 1 is 1.03 bits per heavy atom. The summed E-state index contributed by atoms with van der Waals surface area (Å²) in [5, 5.41) is 6.79. The number of nitrogens with zero attached hydrogens (tertiary/aromatic N) is 2. The smallest absolute Gasteiger partial charge is 0.351 e. The zero-order valence-corrected chi connectivity index (χ0v) is 19.2. The molecule has 0 spiro atoms. The molecule has 0 atom stereocenters. The molecule has 5 nitrogen and oxygen atoms in total. The molecule has 35 heavy (non-hydrogen) atoms. The third-order valence-corrected chi connectivity index (χ3v) is 6.19. The molecule has 178 valence electrons. The van der Waals surface area contributed by atoms with Crippen molar-refractivity contribution in [3.8, 4) is 11.1 Å². The fourth-order valence-corrected chi connectivity index (χ4v) is 4.03. The Morgan fingerprint density at radius 2 is 1.83 bits per heavy atom. The number of benzene rings is 3. The summed E-state index contributed by atoms with van der Waals surface area (Å²) in [6, 6.07) is 15.3. The molecular weight excluding hydrogens is 453 g/mol. The monoisotopic (exact) mass is 476 g/mol. The van der Waals surface area contributed by atoms with Gasteiger partial charge >= 0.3 is 6.18 Å². The van der Waals surface area contributed by atoms with E-state index in [1.54, 1.807) is 18.3 Å². The van der Waals surface area contributed by atoms with Crippen molar-refractivity contribution in [1.29, 1.82) is 0 Å². The lowest BCUT2D eigenvalue weighted by molar-refractivity contribution is -0.138. The average molecular weight is 477 g/mol. The minimum absolute atomic E-state index is 0.0224. The largest absolute Gasteiger partial charge is 0.416 e. The molecule has 0 radical (unpaired) electrons. The van der Waals surface area contributed by atoms with E-state index in [1.165, 1.54) is 19.1 Å². The Kier molecular flexibility index (Phi) is 5.67. The molecular formula is C27H23F3N4O. The van der Waals surface area contributed by atoms with Gasteiger partial charge in [0.15, 0.2) is 0 Å². The molecule has 0 aliphatic heterocycles. The summed E-state index contributed by atoms with van der Waals surface area (Å²) in [6.45, 7) is 3.29. The van der Waals surface area contributed by atoms with Crippen LogP contribution in [0, 0.1) is 13.8 Å². The van der Waals surface area contributed by atoms with Crippen LogP contribution in [0.3, 0.4) is 0 Å². The maximum absolute atomic E-state index is 13.2. The zero-order chi connectivity index (χ0) is 24.7. The number of anilines is 2. The first kappa shape index (κ1) is 22.8. The molecule has 1 aliphatic carbocycles. The van der Waals surface area contributed by atoms with Gasteiger partial charge in [-0.05, 0) is 85.3 Å². The van der Waals surface area contributed by atoms with Crippen LogP contribution in [0.15, 0.2) is 60.8 Å². The van der Waals surface area contributed by atoms with E-state index in [0.717, 1.165) is 46.5 Å². The number of hydrogen-bond acceptors (Lipinski definition) is 4. The number of nitrogens with one attached hydrogen (secondary N) is 2. The number of rotatable bonds is 5. The van der Waals surface area contributed by atoms with Gasteiger partial charge in [-0.3, -0.25) is 4.79 Å². The minimum Gasteiger partial charge on any atom is -0.351 e. The summed E-state index contributed by atoms with van der Waals surface area (Å²) >= 11 is 0. The summed E-state index contributed by atoms with van der Waals surface area (Å²) in [4.78, 5) is 21.9. The van der Waals surface area contributed by atoms with Crippen molar-refractivity contribution in [3.63, 3.8) is 0 Å². The average Bonchev–Trinajstić information content (AvgIpc) is 3.63. The van der Waals surface area contributed by atoms with Crippen molar-refractivity contribution in [3.05, 3.63) is 83.0 Å². The van der Waals surface area contributed by atoms with E-state index < -0.39 is 17.6 Å². The fraction of sp³-hybridized carbons (Fsp3) is 0.222. The van der Waals surface area contributed by atoms with Gasteiger partial charge < -0.3 is 10.6 Å². The zero-order valence-electron chi connectivity index (χ0n) is 19.2. The summed E-state index contributed by atoms with van der Waals surface area (Å²) < 4.78 is 39.7. The molecule has 0 saturated heterocycles. The third kappa shape index (κ3) is 4.82. The maximum Gasteiger partial charge on any atom is 0.416 e. The number of halogens is 3. The van der Waals surface area contributed by atoms with Crippen LogP contribution in [0.1, 0.15) is 39.9 Å². The van der Waals surface area contributed by atoms with Crippen LogP contribution in [-0.4, -0.2) is 21.9 Å². The molecule has 1 saturated carbocycles. The Bertz CT molecular complexity index is 1440. The molecule has 1 heterocycles. The van der Waals surface area contributed by atoms with Gasteiger partial charge in [0.1, 0.15) is 0 Å². The van der Waals surface area contributed by atoms with Gasteiger partial charge in [0, 0.05) is 28.9 Å². The van der Waals surface area contributed by atoms with Crippen LogP contribution in [0.2, 0.25) is 0 Å². The molecule has 0 unspecified atom stereocenters. The number of alkyl halides is 3. The predicted molar refractivity (Wildman–Crippen MR) is 130 cm³/mol. The second kappa shape index (κ2) is 8.69. The van der Waals surface area contributed by atoms with Crippen molar-refractivity contribution in [2.45, 2.75) is 38.9 Å². The molecule has 8 heteroatoms. The highest BCUT2D eigenvalue weighted by molar-refractivity contribution is 6.05. The topological polar surface area (TPSA) is 66.9 Å². The number of fused-ring (bicyclic) bond motifs is 1. The predicted octanol–water partition coefficient (Wildman–Crippen LogP) is 6.76. The summed E-state index contributed by atoms with van der Waals surface area (Å²) in [5.74, 6) is 0.140. The molecule has 1 fully saturated rings. The van der Waals surface area contributed by atoms with E-state index in [-0.39, 0.29) is 11.3 Å². The summed E-state index contributed by atoms with van der Waals surface area (Å²) in [6.07, 6.45) is -0.442. The third-order valence-electron chi connectivity index (χ3n) is 6.19. The second-order valence-corrected chi connectivity index (χ2v) is 8.85. The van der Waals surface area contributed by atoms with Gasteiger partial charge in [0.25, 0.3) is 5.91 Å². The lowest BCUT2D eigenvalue weighted by Gasteiger charge is -2.15. The quantitative estimate of drug-likeness (QED) is 0.334. The molecule has 0 bridgehead atoms. The Labute approximate surface area is 200 Å². The van der Waals surface area contributed by atoms with Crippen molar-refractivity contribution in [2.75, 3.05) is 10.6 Å². The van der Waals surface area contributed by atoms with Crippen LogP contribution in [0.25, 0.3) is 22.0 Å². The molecule has 5 rings (SSSR count). The highest BCUT2D eigenvalue weighted by Gasteiger charge is 2.33. The van der Waals surface area contributed by atoms with Gasteiger partial charge in [0.05, 0.1) is 11.1 Å². The van der Waals surface area contributed by atoms with Crippen molar-refractivity contribution in [1.82, 2.24) is 9.97 Å². The minimum atomic E-state index is -4.49. The second-order valence-electron chi connectivity index (χ2n) is 8.85. The Morgan fingerprint density at radius 3 is 2.57 bits per heavy atom. The number of carbonyl (C=O) groups is 1. The van der Waals surface area contributed by atoms with Crippen LogP contribution < -0.4 is 10.6 Å². The van der Waals surface area contributed by atoms with Gasteiger partial charge in [-0.2, -0.15) is 13.2 Å². The normalized spacial score (nSPS) is 13.6. The van der Waals surface area contributed by atoms with Crippen LogP contribution in [0.5, 0.6) is 0 Å². The first-order valence-electron chi connectivity index (χ1n) is 11.3. The molecule has 3 aromatic carbocycles. The first-order valence-corrected chi connectivity index (χ1v) is 11.3. The van der Waals surface area contributed by atoms with Gasteiger partial charge in [0.2, 0.25) is 5.95 Å². The molecule has 4 aromatic rings. The highest BCUT2D eigenvalue weighted by Crippen LogP contribution is 2.35. The van der Waals surface area contributed by atoms with Gasteiger partial charge in [-0.25, -0.2) is 9.97 Å². The number of aryl methyl sites for hydroxylation is 1. The summed E-state index contributed by atoms with van der Waals surface area (Å²) in [7, 11) is 0. The standard InChI is InChI=1S/C27H23F3N4O/c1-15-6-7-18(25(35)33-23-5-3-4-22(16(23)2)27(28,29)30)13-21(15)17-8-11-24-19(12-17)14-31-26(34-24)32-20-9-10-20/h3-8,11-14,20H,9-10H2,1-2H3,(H,33,35)(H,31,32,34). The van der Waals surface area contributed by atoms with E-state index in [1.807, 2.05) is 31.2 Å². The number of amides is 1. The SMILES string of the molecule is Cc1ccc(C(=O)Nc2cccc(C(F)(F)F)c2C)cc1-c1ccc2nc(NC3CC3)ncc2c1. The van der Waals surface area contributed by atoms with Crippen molar-refractivity contribution < 1.29 is 18.0 Å². The van der Waals surface area contributed by atoms with Crippen LogP contribution in [0.4, 0.5) is 24.8 Å². The van der Waals surface area contributed by atoms with Gasteiger partial charge in [-0.1, -0.05) is 18.2 Å². The molecule has 1 aromatic heterocycles. The van der Waals surface area contributed by atoms with E-state index in [2.05, 4.69) is 20.6 Å². The Hall–Kier alpha value is -3.94. The van der Waals surface area contributed by atoms with Crippen LogP contribution >= 0.6 is 0 Å². The van der Waals surface area contributed by atoms with Crippen molar-refractivity contribution >= 4 is 28.4 Å². The van der Waals surface area contributed by atoms with Crippen molar-refractivity contribution in [2.24, 2.45) is 0 Å². The van der Waals surface area contributed by atoms with E-state index >= 15 is 0 Å². The molecule has 2 N–H and O–H groups in total. The van der Waals surface area contributed by atoms with Crippen LogP contribution in [-0.2, 0) is 6.18 Å². The highest BCUT2D eigenvalue weighted by atomic mass is 19.4. The van der Waals surface area contributed by atoms with E-state index in [9.17, 15) is 18.0 Å². The number of aromatic nitrogens is 2. The Balaban J connectivity index is 1.43. The number of hydrogen-bond donors (Lipinski definition) is 2. The number of carbonyl (C=O) groups excluding carboxylic acids is 1. The summed E-state index contributed by atoms with van der Waals surface area (Å²) in [5.41, 5.74) is 3.21. The van der Waals surface area contributed by atoms with Gasteiger partial charge in [-0.15, -0.1) is 0 Å². The lowest BCUT2D eigenvalue weighted by Crippen LogP contribution is -2.15. The molecule has 1 aliphatic rings. The lowest BCUT2D eigenvalue weighted by atomic mass is 9.96. The van der Waals surface area contributed by atoms with E-state index in [0.29, 0.717) is 17.6 Å².